The number of carbonyl (C=O) groups excluding carboxylic acids is 1. The second kappa shape index (κ2) is 6.15. The Hall–Kier alpha value is -1.56. The molecule has 3 nitrogen and oxygen atoms in total. The first-order valence-corrected chi connectivity index (χ1v) is 7.90. The SMILES string of the molecule is O=C(Cc1ccccc1C(F)(F)F)N1CCC2(CCCOC2)C1. The summed E-state index contributed by atoms with van der Waals surface area (Å²) < 4.78 is 44.6. The van der Waals surface area contributed by atoms with Crippen molar-refractivity contribution in [3.05, 3.63) is 35.4 Å². The zero-order valence-corrected chi connectivity index (χ0v) is 12.9. The van der Waals surface area contributed by atoms with Crippen molar-refractivity contribution in [3.8, 4) is 0 Å². The first kappa shape index (κ1) is 16.3. The van der Waals surface area contributed by atoms with E-state index in [4.69, 9.17) is 4.74 Å². The van der Waals surface area contributed by atoms with Crippen LogP contribution in [0.5, 0.6) is 0 Å². The average molecular weight is 327 g/mol. The summed E-state index contributed by atoms with van der Waals surface area (Å²) in [6.07, 6.45) is -1.75. The van der Waals surface area contributed by atoms with E-state index in [0.717, 1.165) is 31.9 Å². The van der Waals surface area contributed by atoms with E-state index in [1.807, 2.05) is 0 Å². The maximum atomic E-state index is 13.0. The van der Waals surface area contributed by atoms with Crippen LogP contribution in [0.3, 0.4) is 0 Å². The number of halogens is 3. The van der Waals surface area contributed by atoms with Gasteiger partial charge in [0, 0.05) is 25.1 Å². The molecule has 1 amide bonds. The number of benzene rings is 1. The normalized spacial score (nSPS) is 25.1. The number of ether oxygens (including phenoxy) is 1. The van der Waals surface area contributed by atoms with Crippen LogP contribution in [0.25, 0.3) is 0 Å². The molecule has 2 heterocycles. The lowest BCUT2D eigenvalue weighted by atomic mass is 9.82. The maximum absolute atomic E-state index is 13.0. The molecule has 2 aliphatic heterocycles. The van der Waals surface area contributed by atoms with Gasteiger partial charge in [0.25, 0.3) is 0 Å². The molecule has 1 aromatic rings. The number of nitrogens with zero attached hydrogens (tertiary/aromatic N) is 1. The van der Waals surface area contributed by atoms with Crippen LogP contribution in [0.4, 0.5) is 13.2 Å². The summed E-state index contributed by atoms with van der Waals surface area (Å²) in [4.78, 5) is 14.1. The quantitative estimate of drug-likeness (QED) is 0.834. The van der Waals surface area contributed by atoms with Gasteiger partial charge >= 0.3 is 6.18 Å². The average Bonchev–Trinajstić information content (AvgIpc) is 2.91. The highest BCUT2D eigenvalue weighted by molar-refractivity contribution is 5.79. The fraction of sp³-hybridized carbons (Fsp3) is 0.588. The van der Waals surface area contributed by atoms with Crippen molar-refractivity contribution in [2.75, 3.05) is 26.3 Å². The van der Waals surface area contributed by atoms with Crippen LogP contribution in [-0.4, -0.2) is 37.1 Å². The van der Waals surface area contributed by atoms with Crippen LogP contribution in [0.2, 0.25) is 0 Å². The molecular formula is C17H20F3NO2. The molecule has 126 valence electrons. The Morgan fingerprint density at radius 3 is 2.74 bits per heavy atom. The predicted octanol–water partition coefficient (Wildman–Crippen LogP) is 3.28. The lowest BCUT2D eigenvalue weighted by molar-refractivity contribution is -0.138. The molecule has 0 N–H and O–H groups in total. The van der Waals surface area contributed by atoms with E-state index >= 15 is 0 Å². The van der Waals surface area contributed by atoms with Crippen molar-refractivity contribution in [1.82, 2.24) is 4.90 Å². The fourth-order valence-corrected chi connectivity index (χ4v) is 3.61. The third-order valence-electron chi connectivity index (χ3n) is 4.86. The lowest BCUT2D eigenvalue weighted by Gasteiger charge is -2.33. The highest BCUT2D eigenvalue weighted by Gasteiger charge is 2.41. The summed E-state index contributed by atoms with van der Waals surface area (Å²) in [6, 6.07) is 5.30. The van der Waals surface area contributed by atoms with E-state index in [-0.39, 0.29) is 23.3 Å². The minimum atomic E-state index is -4.43. The van der Waals surface area contributed by atoms with E-state index in [0.29, 0.717) is 19.7 Å². The number of rotatable bonds is 2. The van der Waals surface area contributed by atoms with Crippen molar-refractivity contribution in [2.24, 2.45) is 5.41 Å². The molecule has 0 radical (unpaired) electrons. The van der Waals surface area contributed by atoms with E-state index in [1.165, 1.54) is 18.2 Å². The van der Waals surface area contributed by atoms with Crippen LogP contribution in [0, 0.1) is 5.41 Å². The van der Waals surface area contributed by atoms with Gasteiger partial charge in [-0.25, -0.2) is 0 Å². The number of alkyl halides is 3. The zero-order valence-electron chi connectivity index (χ0n) is 12.9. The van der Waals surface area contributed by atoms with Gasteiger partial charge in [0.2, 0.25) is 5.91 Å². The van der Waals surface area contributed by atoms with Crippen molar-refractivity contribution in [2.45, 2.75) is 31.9 Å². The minimum Gasteiger partial charge on any atom is -0.381 e. The Kier molecular flexibility index (Phi) is 4.36. The Labute approximate surface area is 133 Å². The summed E-state index contributed by atoms with van der Waals surface area (Å²) in [5.74, 6) is -0.232. The topological polar surface area (TPSA) is 29.5 Å². The maximum Gasteiger partial charge on any atom is 0.416 e. The van der Waals surface area contributed by atoms with Crippen LogP contribution in [-0.2, 0) is 22.1 Å². The molecule has 0 bridgehead atoms. The minimum absolute atomic E-state index is 0.0114. The van der Waals surface area contributed by atoms with Crippen LogP contribution >= 0.6 is 0 Å². The molecule has 0 aromatic heterocycles. The molecular weight excluding hydrogens is 307 g/mol. The Bertz CT molecular complexity index is 579. The molecule has 1 aromatic carbocycles. The molecule has 1 unspecified atom stereocenters. The number of carbonyl (C=O) groups is 1. The van der Waals surface area contributed by atoms with E-state index in [1.54, 1.807) is 4.90 Å². The second-order valence-electron chi connectivity index (χ2n) is 6.55. The first-order chi connectivity index (χ1) is 10.9. The van der Waals surface area contributed by atoms with E-state index in [2.05, 4.69) is 0 Å². The smallest absolute Gasteiger partial charge is 0.381 e. The van der Waals surface area contributed by atoms with Crippen LogP contribution in [0.1, 0.15) is 30.4 Å². The van der Waals surface area contributed by atoms with Gasteiger partial charge in [-0.15, -0.1) is 0 Å². The standard InChI is InChI=1S/C17H20F3NO2/c18-17(19,20)14-5-2-1-4-13(14)10-15(22)21-8-7-16(11-21)6-3-9-23-12-16/h1-2,4-5H,3,6-12H2. The molecule has 2 saturated heterocycles. The van der Waals surface area contributed by atoms with Gasteiger partial charge in [0.05, 0.1) is 18.6 Å². The molecule has 2 fully saturated rings. The van der Waals surface area contributed by atoms with Gasteiger partial charge in [-0.3, -0.25) is 4.79 Å². The lowest BCUT2D eigenvalue weighted by Crippen LogP contribution is -2.37. The van der Waals surface area contributed by atoms with Gasteiger partial charge in [-0.05, 0) is 30.9 Å². The third kappa shape index (κ3) is 3.52. The van der Waals surface area contributed by atoms with Crippen molar-refractivity contribution in [3.63, 3.8) is 0 Å². The zero-order chi connectivity index (χ0) is 16.5. The first-order valence-electron chi connectivity index (χ1n) is 7.90. The van der Waals surface area contributed by atoms with Gasteiger partial charge in [0.15, 0.2) is 0 Å². The number of amides is 1. The summed E-state index contributed by atoms with van der Waals surface area (Å²) in [5, 5.41) is 0. The number of likely N-dealkylation sites (tertiary alicyclic amines) is 1. The monoisotopic (exact) mass is 327 g/mol. The summed E-state index contributed by atoms with van der Waals surface area (Å²) >= 11 is 0. The van der Waals surface area contributed by atoms with Crippen LogP contribution < -0.4 is 0 Å². The van der Waals surface area contributed by atoms with Gasteiger partial charge in [-0.2, -0.15) is 13.2 Å². The van der Waals surface area contributed by atoms with Crippen molar-refractivity contribution >= 4 is 5.91 Å². The third-order valence-corrected chi connectivity index (χ3v) is 4.86. The molecule has 0 saturated carbocycles. The molecule has 23 heavy (non-hydrogen) atoms. The predicted molar refractivity (Wildman–Crippen MR) is 78.8 cm³/mol. The highest BCUT2D eigenvalue weighted by atomic mass is 19.4. The number of hydrogen-bond acceptors (Lipinski definition) is 2. The fourth-order valence-electron chi connectivity index (χ4n) is 3.61. The summed E-state index contributed by atoms with van der Waals surface area (Å²) in [6.45, 7) is 2.61. The van der Waals surface area contributed by atoms with E-state index in [9.17, 15) is 18.0 Å². The molecule has 1 spiro atoms. The summed E-state index contributed by atoms with van der Waals surface area (Å²) in [5.41, 5.74) is -0.661. The molecule has 6 heteroatoms. The van der Waals surface area contributed by atoms with Gasteiger partial charge in [0.1, 0.15) is 0 Å². The van der Waals surface area contributed by atoms with Gasteiger partial charge < -0.3 is 9.64 Å². The van der Waals surface area contributed by atoms with Crippen molar-refractivity contribution < 1.29 is 22.7 Å². The van der Waals surface area contributed by atoms with Gasteiger partial charge in [-0.1, -0.05) is 18.2 Å². The molecule has 3 rings (SSSR count). The molecule has 0 aliphatic carbocycles. The molecule has 2 aliphatic rings. The van der Waals surface area contributed by atoms with E-state index < -0.39 is 11.7 Å². The largest absolute Gasteiger partial charge is 0.416 e. The number of hydrogen-bond donors (Lipinski definition) is 0. The van der Waals surface area contributed by atoms with Crippen LogP contribution in [0.15, 0.2) is 24.3 Å². The molecule has 1 atom stereocenters. The Morgan fingerprint density at radius 1 is 1.26 bits per heavy atom. The summed E-state index contributed by atoms with van der Waals surface area (Å²) in [7, 11) is 0. The van der Waals surface area contributed by atoms with Crippen molar-refractivity contribution in [1.29, 1.82) is 0 Å². The highest BCUT2D eigenvalue weighted by Crippen LogP contribution is 2.38. The Morgan fingerprint density at radius 2 is 2.04 bits per heavy atom. The second-order valence-corrected chi connectivity index (χ2v) is 6.55. The Balaban J connectivity index is 1.69.